The van der Waals surface area contributed by atoms with Crippen molar-refractivity contribution in [3.8, 4) is 5.69 Å². The molecule has 35 heavy (non-hydrogen) atoms. The zero-order valence-electron chi connectivity index (χ0n) is 18.9. The number of carbonyl (C=O) groups excluding carboxylic acids is 1. The molecule has 3 aromatic carbocycles. The predicted octanol–water partition coefficient (Wildman–Crippen LogP) is 3.86. The molecule has 0 saturated carbocycles. The van der Waals surface area contributed by atoms with Gasteiger partial charge in [-0.25, -0.2) is 8.78 Å². The van der Waals surface area contributed by atoms with Gasteiger partial charge in [-0.3, -0.25) is 9.59 Å². The molecule has 1 saturated heterocycles. The summed E-state index contributed by atoms with van der Waals surface area (Å²) in [6, 6.07) is 17.7. The van der Waals surface area contributed by atoms with Gasteiger partial charge in [-0.2, -0.15) is 0 Å². The summed E-state index contributed by atoms with van der Waals surface area (Å²) in [5.74, 6) is -1.25. The molecule has 0 bridgehead atoms. The van der Waals surface area contributed by atoms with Crippen LogP contribution in [0, 0.1) is 11.6 Å². The van der Waals surface area contributed by atoms with Gasteiger partial charge in [-0.05, 0) is 48.5 Å². The Labute approximate surface area is 200 Å². The number of para-hydroxylation sites is 1. The summed E-state index contributed by atoms with van der Waals surface area (Å²) >= 11 is 0. The van der Waals surface area contributed by atoms with Gasteiger partial charge in [0.1, 0.15) is 11.6 Å². The zero-order valence-corrected chi connectivity index (χ0v) is 18.9. The van der Waals surface area contributed by atoms with Crippen LogP contribution in [0.5, 0.6) is 0 Å². The lowest BCUT2D eigenvalue weighted by Gasteiger charge is -2.30. The summed E-state index contributed by atoms with van der Waals surface area (Å²) in [6.45, 7) is 2.75. The van der Waals surface area contributed by atoms with Gasteiger partial charge in [0.05, 0.1) is 17.6 Å². The normalized spacial score (nSPS) is 13.7. The van der Waals surface area contributed by atoms with Crippen LogP contribution in [0.3, 0.4) is 0 Å². The summed E-state index contributed by atoms with van der Waals surface area (Å²) in [5.41, 5.74) is 1.91. The van der Waals surface area contributed by atoms with Crippen molar-refractivity contribution >= 4 is 28.2 Å². The molecule has 4 aromatic rings. The van der Waals surface area contributed by atoms with Crippen LogP contribution < -0.4 is 21.0 Å². The van der Waals surface area contributed by atoms with Crippen molar-refractivity contribution in [2.75, 3.05) is 36.4 Å². The maximum absolute atomic E-state index is 15.2. The van der Waals surface area contributed by atoms with Crippen LogP contribution in [0.1, 0.15) is 5.56 Å². The summed E-state index contributed by atoms with van der Waals surface area (Å²) < 4.78 is 30.6. The number of piperazine rings is 1. The number of fused-ring (bicyclic) bond motifs is 1. The Hall–Kier alpha value is -4.04. The summed E-state index contributed by atoms with van der Waals surface area (Å²) in [6.07, 6.45) is 1.40. The lowest BCUT2D eigenvalue weighted by atomic mass is 10.1. The largest absolute Gasteiger partial charge is 0.367 e. The van der Waals surface area contributed by atoms with E-state index in [9.17, 15) is 14.0 Å². The first-order chi connectivity index (χ1) is 17.0. The number of rotatable bonds is 5. The number of nitrogens with one attached hydrogen (secondary N) is 2. The van der Waals surface area contributed by atoms with E-state index in [4.69, 9.17) is 0 Å². The van der Waals surface area contributed by atoms with E-state index in [0.717, 1.165) is 13.1 Å². The molecule has 0 aliphatic carbocycles. The maximum atomic E-state index is 15.2. The first-order valence-electron chi connectivity index (χ1n) is 11.4. The molecular weight excluding hydrogens is 450 g/mol. The van der Waals surface area contributed by atoms with Crippen LogP contribution in [-0.2, 0) is 11.2 Å². The van der Waals surface area contributed by atoms with Crippen LogP contribution in [0.15, 0.2) is 77.7 Å². The summed E-state index contributed by atoms with van der Waals surface area (Å²) in [7, 11) is 0. The Morgan fingerprint density at radius 3 is 2.40 bits per heavy atom. The molecule has 1 fully saturated rings. The van der Waals surface area contributed by atoms with Crippen LogP contribution >= 0.6 is 0 Å². The van der Waals surface area contributed by atoms with Crippen molar-refractivity contribution in [3.63, 3.8) is 0 Å². The SMILES string of the molecule is O=C(Cc1cn(-c2ccc(F)cc2)c2cc(N3CCNCC3)c(F)cc2c1=O)Nc1ccccc1. The van der Waals surface area contributed by atoms with Gasteiger partial charge in [0.25, 0.3) is 0 Å². The van der Waals surface area contributed by atoms with E-state index < -0.39 is 17.1 Å². The fraction of sp³-hybridized carbons (Fsp3) is 0.185. The van der Waals surface area contributed by atoms with Gasteiger partial charge in [0.15, 0.2) is 5.43 Å². The third kappa shape index (κ3) is 4.79. The molecule has 8 heteroatoms. The molecule has 5 rings (SSSR count). The number of hydrogen-bond acceptors (Lipinski definition) is 4. The Morgan fingerprint density at radius 2 is 1.69 bits per heavy atom. The number of pyridine rings is 1. The van der Waals surface area contributed by atoms with Gasteiger partial charge in [-0.1, -0.05) is 18.2 Å². The van der Waals surface area contributed by atoms with Crippen LogP contribution in [0.4, 0.5) is 20.2 Å². The molecule has 0 atom stereocenters. The molecule has 6 nitrogen and oxygen atoms in total. The van der Waals surface area contributed by atoms with E-state index in [1.165, 1.54) is 18.2 Å². The van der Waals surface area contributed by atoms with E-state index in [2.05, 4.69) is 10.6 Å². The smallest absolute Gasteiger partial charge is 0.229 e. The molecule has 0 unspecified atom stereocenters. The standard InChI is InChI=1S/C27H24F2N4O2/c28-19-6-8-21(9-7-19)33-17-18(14-26(34)31-20-4-2-1-3-5-20)27(35)22-15-23(29)25(16-24(22)33)32-12-10-30-11-13-32/h1-9,15-17,30H,10-14H2,(H,31,34). The molecule has 2 N–H and O–H groups in total. The number of aromatic nitrogens is 1. The Bertz CT molecular complexity index is 1430. The number of halogens is 2. The monoisotopic (exact) mass is 474 g/mol. The van der Waals surface area contributed by atoms with Gasteiger partial charge in [-0.15, -0.1) is 0 Å². The third-order valence-corrected chi connectivity index (χ3v) is 6.12. The summed E-state index contributed by atoms with van der Waals surface area (Å²) in [5, 5.41) is 6.18. The highest BCUT2D eigenvalue weighted by molar-refractivity contribution is 5.93. The van der Waals surface area contributed by atoms with Crippen molar-refractivity contribution in [2.24, 2.45) is 0 Å². The van der Waals surface area contributed by atoms with Crippen LogP contribution in [0.2, 0.25) is 0 Å². The topological polar surface area (TPSA) is 66.4 Å². The number of hydrogen-bond donors (Lipinski definition) is 2. The number of nitrogens with zero attached hydrogens (tertiary/aromatic N) is 2. The minimum Gasteiger partial charge on any atom is -0.367 e. The Kier molecular flexibility index (Phi) is 6.29. The average molecular weight is 475 g/mol. The van der Waals surface area contributed by atoms with E-state index in [1.54, 1.807) is 53.2 Å². The molecule has 0 radical (unpaired) electrons. The highest BCUT2D eigenvalue weighted by atomic mass is 19.1. The van der Waals surface area contributed by atoms with Gasteiger partial charge in [0.2, 0.25) is 5.91 Å². The van der Waals surface area contributed by atoms with Crippen molar-refractivity contribution < 1.29 is 13.6 Å². The van der Waals surface area contributed by atoms with Crippen molar-refractivity contribution in [3.05, 3.63) is 100 Å². The maximum Gasteiger partial charge on any atom is 0.229 e. The highest BCUT2D eigenvalue weighted by Crippen LogP contribution is 2.27. The average Bonchev–Trinajstić information content (AvgIpc) is 2.87. The molecule has 178 valence electrons. The van der Waals surface area contributed by atoms with Gasteiger partial charge < -0.3 is 20.1 Å². The summed E-state index contributed by atoms with van der Waals surface area (Å²) in [4.78, 5) is 28.0. The predicted molar refractivity (Wildman–Crippen MR) is 133 cm³/mol. The Morgan fingerprint density at radius 1 is 0.971 bits per heavy atom. The number of amides is 1. The third-order valence-electron chi connectivity index (χ3n) is 6.12. The lowest BCUT2D eigenvalue weighted by molar-refractivity contribution is -0.115. The fourth-order valence-corrected chi connectivity index (χ4v) is 4.38. The van der Waals surface area contributed by atoms with E-state index in [-0.39, 0.29) is 23.3 Å². The van der Waals surface area contributed by atoms with Crippen molar-refractivity contribution in [2.45, 2.75) is 6.42 Å². The molecule has 1 aliphatic rings. The highest BCUT2D eigenvalue weighted by Gasteiger charge is 2.20. The molecule has 0 spiro atoms. The minimum absolute atomic E-state index is 0.163. The van der Waals surface area contributed by atoms with E-state index >= 15 is 4.39 Å². The Balaban J connectivity index is 1.62. The molecular formula is C27H24F2N4O2. The molecule has 2 heterocycles. The first-order valence-corrected chi connectivity index (χ1v) is 11.4. The molecule has 1 aromatic heterocycles. The van der Waals surface area contributed by atoms with Crippen LogP contribution in [-0.4, -0.2) is 36.7 Å². The quantitative estimate of drug-likeness (QED) is 0.461. The second kappa shape index (κ2) is 9.68. The minimum atomic E-state index is -0.493. The second-order valence-corrected chi connectivity index (χ2v) is 8.48. The number of benzene rings is 3. The van der Waals surface area contributed by atoms with E-state index in [0.29, 0.717) is 35.7 Å². The molecule has 1 amide bonds. The van der Waals surface area contributed by atoms with Crippen molar-refractivity contribution in [1.29, 1.82) is 0 Å². The van der Waals surface area contributed by atoms with Crippen molar-refractivity contribution in [1.82, 2.24) is 9.88 Å². The molecule has 1 aliphatic heterocycles. The van der Waals surface area contributed by atoms with Crippen LogP contribution in [0.25, 0.3) is 16.6 Å². The number of anilines is 2. The second-order valence-electron chi connectivity index (χ2n) is 8.48. The van der Waals surface area contributed by atoms with Gasteiger partial charge in [0, 0.05) is 54.7 Å². The fourth-order valence-electron chi connectivity index (χ4n) is 4.38. The zero-order chi connectivity index (χ0) is 24.4. The first kappa shape index (κ1) is 22.7. The van der Waals surface area contributed by atoms with Gasteiger partial charge >= 0.3 is 0 Å². The van der Waals surface area contributed by atoms with E-state index in [1.807, 2.05) is 11.0 Å². The lowest BCUT2D eigenvalue weighted by Crippen LogP contribution is -2.43. The number of carbonyl (C=O) groups is 1.